The number of hydrogen-bond acceptors (Lipinski definition) is 3. The maximum absolute atomic E-state index is 6.14. The molecule has 2 rings (SSSR count). The van der Waals surface area contributed by atoms with Crippen LogP contribution in [0.3, 0.4) is 0 Å². The van der Waals surface area contributed by atoms with Crippen LogP contribution in [0.15, 0.2) is 24.4 Å². The fraction of sp³-hybridized carbons (Fsp3) is 0.462. The molecule has 4 heteroatoms. The Hall–Kier alpha value is -1.06. The van der Waals surface area contributed by atoms with Crippen molar-refractivity contribution >= 4 is 17.4 Å². The molecule has 3 nitrogen and oxygen atoms in total. The van der Waals surface area contributed by atoms with Crippen LogP contribution in [-0.4, -0.2) is 24.6 Å². The lowest BCUT2D eigenvalue weighted by molar-refractivity contribution is 0.724. The second kappa shape index (κ2) is 6.03. The molecular formula is C13H18ClN3. The summed E-state index contributed by atoms with van der Waals surface area (Å²) in [5.74, 6) is 1.02. The zero-order valence-electron chi connectivity index (χ0n) is 10.1. The van der Waals surface area contributed by atoms with Crippen molar-refractivity contribution in [2.24, 2.45) is 0 Å². The van der Waals surface area contributed by atoms with Gasteiger partial charge >= 0.3 is 0 Å². The molecule has 0 saturated heterocycles. The summed E-state index contributed by atoms with van der Waals surface area (Å²) in [5, 5.41) is 4.03. The average molecular weight is 252 g/mol. The predicted molar refractivity (Wildman–Crippen MR) is 72.6 cm³/mol. The maximum Gasteiger partial charge on any atom is 0.129 e. The van der Waals surface area contributed by atoms with Crippen molar-refractivity contribution in [3.05, 3.63) is 35.0 Å². The molecule has 0 atom stereocenters. The first kappa shape index (κ1) is 12.4. The van der Waals surface area contributed by atoms with Crippen LogP contribution in [0.5, 0.6) is 0 Å². The molecule has 0 bridgehead atoms. The lowest BCUT2D eigenvalue weighted by atomic mass is 10.2. The highest BCUT2D eigenvalue weighted by atomic mass is 35.5. The molecule has 1 aromatic heterocycles. The average Bonchev–Trinajstić information content (AvgIpc) is 2.39. The Morgan fingerprint density at radius 2 is 2.35 bits per heavy atom. The van der Waals surface area contributed by atoms with Crippen molar-refractivity contribution in [1.82, 2.24) is 10.3 Å². The van der Waals surface area contributed by atoms with E-state index in [1.54, 1.807) is 6.20 Å². The molecule has 0 amide bonds. The Morgan fingerprint density at radius 3 is 3.06 bits per heavy atom. The van der Waals surface area contributed by atoms with Crippen molar-refractivity contribution in [3.63, 3.8) is 0 Å². The molecule has 17 heavy (non-hydrogen) atoms. The molecule has 1 aromatic rings. The van der Waals surface area contributed by atoms with Gasteiger partial charge in [0.15, 0.2) is 0 Å². The van der Waals surface area contributed by atoms with E-state index < -0.39 is 0 Å². The summed E-state index contributed by atoms with van der Waals surface area (Å²) in [5.41, 5.74) is 1.12. The minimum Gasteiger partial charge on any atom is -0.353 e. The highest BCUT2D eigenvalue weighted by Gasteiger charge is 2.10. The van der Waals surface area contributed by atoms with Gasteiger partial charge in [-0.25, -0.2) is 4.98 Å². The van der Waals surface area contributed by atoms with Gasteiger partial charge in [-0.05, 0) is 24.6 Å². The molecule has 0 spiro atoms. The highest BCUT2D eigenvalue weighted by molar-refractivity contribution is 6.31. The van der Waals surface area contributed by atoms with Crippen molar-refractivity contribution in [3.8, 4) is 0 Å². The van der Waals surface area contributed by atoms with Crippen molar-refractivity contribution in [2.45, 2.75) is 19.9 Å². The maximum atomic E-state index is 6.14. The van der Waals surface area contributed by atoms with Crippen LogP contribution in [0.4, 0.5) is 5.82 Å². The van der Waals surface area contributed by atoms with Gasteiger partial charge in [0.05, 0.1) is 5.02 Å². The minimum absolute atomic E-state index is 0.738. The van der Waals surface area contributed by atoms with Crippen LogP contribution >= 0.6 is 11.6 Å². The lowest BCUT2D eigenvalue weighted by Gasteiger charge is -2.25. The Bertz CT molecular complexity index is 404. The number of pyridine rings is 1. The number of anilines is 1. The van der Waals surface area contributed by atoms with Crippen LogP contribution in [0, 0.1) is 0 Å². The molecule has 0 saturated carbocycles. The van der Waals surface area contributed by atoms with Gasteiger partial charge in [0, 0.05) is 25.8 Å². The first-order valence-corrected chi connectivity index (χ1v) is 6.44. The number of rotatable bonds is 4. The van der Waals surface area contributed by atoms with Crippen LogP contribution in [-0.2, 0) is 6.54 Å². The standard InChI is InChI=1S/C13H18ClN3/c1-2-15-9-11-8-13(16-10-12(11)14)17-6-4-3-5-7-17/h3-4,8,10,15H,2,5-7,9H2,1H3. The summed E-state index contributed by atoms with van der Waals surface area (Å²) in [7, 11) is 0. The third kappa shape index (κ3) is 3.20. The van der Waals surface area contributed by atoms with Gasteiger partial charge in [0.2, 0.25) is 0 Å². The summed E-state index contributed by atoms with van der Waals surface area (Å²) in [6, 6.07) is 2.09. The Kier molecular flexibility index (Phi) is 4.40. The topological polar surface area (TPSA) is 28.2 Å². The van der Waals surface area contributed by atoms with Crippen molar-refractivity contribution in [1.29, 1.82) is 0 Å². The van der Waals surface area contributed by atoms with Crippen LogP contribution in [0.25, 0.3) is 0 Å². The number of halogens is 1. The normalized spacial score (nSPS) is 15.3. The first-order chi connectivity index (χ1) is 8.31. The number of nitrogens with one attached hydrogen (secondary N) is 1. The molecule has 0 aliphatic carbocycles. The Morgan fingerprint density at radius 1 is 1.47 bits per heavy atom. The monoisotopic (exact) mass is 251 g/mol. The first-order valence-electron chi connectivity index (χ1n) is 6.06. The molecule has 1 aliphatic heterocycles. The number of aromatic nitrogens is 1. The number of hydrogen-bond donors (Lipinski definition) is 1. The van der Waals surface area contributed by atoms with E-state index in [1.165, 1.54) is 0 Å². The van der Waals surface area contributed by atoms with Gasteiger partial charge in [-0.1, -0.05) is 30.7 Å². The van der Waals surface area contributed by atoms with Gasteiger partial charge in [0.1, 0.15) is 5.82 Å². The molecule has 2 heterocycles. The van der Waals surface area contributed by atoms with E-state index in [1.807, 2.05) is 0 Å². The van der Waals surface area contributed by atoms with E-state index in [-0.39, 0.29) is 0 Å². The van der Waals surface area contributed by atoms with Gasteiger partial charge < -0.3 is 10.2 Å². The third-order valence-electron chi connectivity index (χ3n) is 2.87. The second-order valence-corrected chi connectivity index (χ2v) is 4.53. The summed E-state index contributed by atoms with van der Waals surface area (Å²) in [6.07, 6.45) is 7.24. The van der Waals surface area contributed by atoms with Crippen LogP contribution in [0.2, 0.25) is 5.02 Å². The predicted octanol–water partition coefficient (Wildman–Crippen LogP) is 2.61. The summed E-state index contributed by atoms with van der Waals surface area (Å²) in [4.78, 5) is 6.67. The van der Waals surface area contributed by atoms with Crippen molar-refractivity contribution < 1.29 is 0 Å². The SMILES string of the molecule is CCNCc1cc(N2CC=CCC2)ncc1Cl. The largest absolute Gasteiger partial charge is 0.353 e. The van der Waals surface area contributed by atoms with Crippen molar-refractivity contribution in [2.75, 3.05) is 24.5 Å². The second-order valence-electron chi connectivity index (χ2n) is 4.12. The van der Waals surface area contributed by atoms with E-state index in [4.69, 9.17) is 11.6 Å². The molecule has 92 valence electrons. The molecule has 1 aliphatic rings. The lowest BCUT2D eigenvalue weighted by Crippen LogP contribution is -2.27. The van der Waals surface area contributed by atoms with Gasteiger partial charge in [-0.2, -0.15) is 0 Å². The van der Waals surface area contributed by atoms with Crippen LogP contribution < -0.4 is 10.2 Å². The Balaban J connectivity index is 2.14. The van der Waals surface area contributed by atoms with E-state index in [0.29, 0.717) is 0 Å². The fourth-order valence-corrected chi connectivity index (χ4v) is 2.06. The summed E-state index contributed by atoms with van der Waals surface area (Å²) < 4.78 is 0. The molecule has 0 fully saturated rings. The van der Waals surface area contributed by atoms with E-state index in [2.05, 4.69) is 40.3 Å². The fourth-order valence-electron chi connectivity index (χ4n) is 1.89. The van der Waals surface area contributed by atoms with E-state index in [0.717, 1.165) is 49.0 Å². The van der Waals surface area contributed by atoms with Gasteiger partial charge in [-0.3, -0.25) is 0 Å². The minimum atomic E-state index is 0.738. The Labute approximate surface area is 107 Å². The smallest absolute Gasteiger partial charge is 0.129 e. The molecule has 1 N–H and O–H groups in total. The van der Waals surface area contributed by atoms with E-state index in [9.17, 15) is 0 Å². The summed E-state index contributed by atoms with van der Waals surface area (Å²) in [6.45, 7) is 5.81. The zero-order chi connectivity index (χ0) is 12.1. The number of nitrogens with zero attached hydrogens (tertiary/aromatic N) is 2. The van der Waals surface area contributed by atoms with Gasteiger partial charge in [0.25, 0.3) is 0 Å². The molecule has 0 radical (unpaired) electrons. The third-order valence-corrected chi connectivity index (χ3v) is 3.21. The quantitative estimate of drug-likeness (QED) is 0.834. The van der Waals surface area contributed by atoms with Gasteiger partial charge in [-0.15, -0.1) is 0 Å². The van der Waals surface area contributed by atoms with Crippen LogP contribution in [0.1, 0.15) is 18.9 Å². The molecular weight excluding hydrogens is 234 g/mol. The molecule has 0 unspecified atom stereocenters. The zero-order valence-corrected chi connectivity index (χ0v) is 10.9. The summed E-state index contributed by atoms with van der Waals surface area (Å²) >= 11 is 6.14. The van der Waals surface area contributed by atoms with E-state index >= 15 is 0 Å². The molecule has 0 aromatic carbocycles. The highest BCUT2D eigenvalue weighted by Crippen LogP contribution is 2.21.